The third-order valence-corrected chi connectivity index (χ3v) is 6.95. The van der Waals surface area contributed by atoms with Gasteiger partial charge < -0.3 is 25.0 Å². The second-order valence-corrected chi connectivity index (χ2v) is 9.72. The molecule has 0 saturated carbocycles. The number of fused-ring (bicyclic) bond motifs is 3. The number of amides is 2. The minimum absolute atomic E-state index is 0.0875. The Balaban J connectivity index is 1.46. The Morgan fingerprint density at radius 2 is 1.69 bits per heavy atom. The van der Waals surface area contributed by atoms with E-state index in [0.717, 1.165) is 35.1 Å². The van der Waals surface area contributed by atoms with Gasteiger partial charge >= 0.3 is 12.1 Å². The number of nitrogens with one attached hydrogen (secondary N) is 1. The van der Waals surface area contributed by atoms with Crippen LogP contribution in [0.5, 0.6) is 0 Å². The van der Waals surface area contributed by atoms with Crippen LogP contribution in [0.3, 0.4) is 0 Å². The molecular weight excluding hydrogens is 446 g/mol. The number of carbonyl (C=O) groups is 3. The van der Waals surface area contributed by atoms with Crippen LogP contribution < -0.4 is 5.32 Å². The average Bonchev–Trinajstić information content (AvgIpc) is 3.15. The fourth-order valence-corrected chi connectivity index (χ4v) is 5.34. The van der Waals surface area contributed by atoms with Gasteiger partial charge in [0, 0.05) is 19.0 Å². The Hall–Kier alpha value is -3.39. The van der Waals surface area contributed by atoms with Crippen molar-refractivity contribution in [2.24, 2.45) is 5.92 Å². The predicted molar refractivity (Wildman–Crippen MR) is 132 cm³/mol. The number of carbonyl (C=O) groups excluding carboxylic acids is 2. The van der Waals surface area contributed by atoms with Crippen LogP contribution in [0, 0.1) is 5.92 Å². The maximum absolute atomic E-state index is 13.4. The monoisotopic (exact) mass is 479 g/mol. The van der Waals surface area contributed by atoms with Crippen LogP contribution in [0.25, 0.3) is 11.1 Å². The van der Waals surface area contributed by atoms with E-state index < -0.39 is 30.1 Å². The Bertz CT molecular complexity index is 1060. The lowest BCUT2D eigenvalue weighted by Crippen LogP contribution is -2.59. The van der Waals surface area contributed by atoms with Crippen molar-refractivity contribution in [1.82, 2.24) is 15.1 Å². The lowest BCUT2D eigenvalue weighted by Gasteiger charge is -2.39. The molecule has 1 heterocycles. The zero-order valence-corrected chi connectivity index (χ0v) is 20.4. The van der Waals surface area contributed by atoms with Gasteiger partial charge in [-0.1, -0.05) is 55.5 Å². The molecule has 1 aliphatic carbocycles. The third-order valence-electron chi connectivity index (χ3n) is 6.95. The normalized spacial score (nSPS) is 20.2. The lowest BCUT2D eigenvalue weighted by molar-refractivity contribution is -0.155. The number of hydrogen-bond donors (Lipinski definition) is 2. The van der Waals surface area contributed by atoms with Gasteiger partial charge in [-0.25, -0.2) is 9.59 Å². The molecule has 8 heteroatoms. The Morgan fingerprint density at radius 3 is 2.26 bits per heavy atom. The van der Waals surface area contributed by atoms with Crippen molar-refractivity contribution in [3.63, 3.8) is 0 Å². The van der Waals surface area contributed by atoms with E-state index in [1.165, 1.54) is 4.90 Å². The number of ether oxygens (including phenoxy) is 1. The van der Waals surface area contributed by atoms with Gasteiger partial charge in [-0.15, -0.1) is 0 Å². The number of rotatable bonds is 7. The SMILES string of the molecule is CC1CCCN(C(=O)[C@H](CN(C)C)NC(=O)OCC2c3ccccc3-c3ccccc32)C1C(=O)O. The molecule has 3 atom stereocenters. The Kier molecular flexibility index (Phi) is 7.40. The smallest absolute Gasteiger partial charge is 0.407 e. The fourth-order valence-electron chi connectivity index (χ4n) is 5.34. The van der Waals surface area contributed by atoms with E-state index in [0.29, 0.717) is 6.54 Å². The molecule has 0 aromatic heterocycles. The van der Waals surface area contributed by atoms with Crippen molar-refractivity contribution in [3.05, 3.63) is 59.7 Å². The highest BCUT2D eigenvalue weighted by atomic mass is 16.5. The molecule has 8 nitrogen and oxygen atoms in total. The van der Waals surface area contributed by atoms with Crippen molar-refractivity contribution >= 4 is 18.0 Å². The average molecular weight is 480 g/mol. The Labute approximate surface area is 205 Å². The molecule has 1 aliphatic heterocycles. The molecule has 1 fully saturated rings. The molecule has 1 saturated heterocycles. The standard InChI is InChI=1S/C27H33N3O5/c1-17-9-8-14-30(24(17)26(32)33)25(31)23(15-29(2)3)28-27(34)35-16-22-20-12-6-4-10-18(20)19-11-5-7-13-21(19)22/h4-7,10-13,17,22-24H,8-9,14-16H2,1-3H3,(H,28,34)(H,32,33)/t17?,23-,24?/m0/s1. The van der Waals surface area contributed by atoms with E-state index in [1.807, 2.05) is 43.3 Å². The first-order chi connectivity index (χ1) is 16.8. The molecule has 0 radical (unpaired) electrons. The van der Waals surface area contributed by atoms with Crippen LogP contribution in [-0.2, 0) is 14.3 Å². The molecule has 2 unspecified atom stereocenters. The molecule has 2 aliphatic rings. The van der Waals surface area contributed by atoms with Gasteiger partial charge in [-0.3, -0.25) is 4.79 Å². The summed E-state index contributed by atoms with van der Waals surface area (Å²) in [5, 5.41) is 12.4. The molecule has 2 amide bonds. The van der Waals surface area contributed by atoms with Gasteiger partial charge in [0.25, 0.3) is 0 Å². The van der Waals surface area contributed by atoms with E-state index >= 15 is 0 Å². The number of benzene rings is 2. The number of likely N-dealkylation sites (N-methyl/N-ethyl adjacent to an activating group) is 1. The van der Waals surface area contributed by atoms with Gasteiger partial charge in [0.1, 0.15) is 18.7 Å². The quantitative estimate of drug-likeness (QED) is 0.633. The molecule has 2 aromatic rings. The maximum atomic E-state index is 13.4. The third kappa shape index (κ3) is 5.17. The second kappa shape index (κ2) is 10.5. The molecule has 0 bridgehead atoms. The van der Waals surface area contributed by atoms with Gasteiger partial charge in [0.2, 0.25) is 5.91 Å². The molecule has 186 valence electrons. The number of carboxylic acids is 1. The van der Waals surface area contributed by atoms with Gasteiger partial charge in [-0.2, -0.15) is 0 Å². The van der Waals surface area contributed by atoms with Crippen LogP contribution >= 0.6 is 0 Å². The predicted octanol–water partition coefficient (Wildman–Crippen LogP) is 3.17. The van der Waals surface area contributed by atoms with Crippen LogP contribution in [0.1, 0.15) is 36.8 Å². The summed E-state index contributed by atoms with van der Waals surface area (Å²) in [6.07, 6.45) is 0.791. The number of hydrogen-bond acceptors (Lipinski definition) is 5. The van der Waals surface area contributed by atoms with Crippen molar-refractivity contribution in [2.75, 3.05) is 33.8 Å². The van der Waals surface area contributed by atoms with E-state index in [1.54, 1.807) is 19.0 Å². The van der Waals surface area contributed by atoms with E-state index in [2.05, 4.69) is 17.4 Å². The fraction of sp³-hybridized carbons (Fsp3) is 0.444. The first kappa shape index (κ1) is 24.7. The summed E-state index contributed by atoms with van der Waals surface area (Å²) in [6, 6.07) is 14.4. The van der Waals surface area contributed by atoms with Crippen molar-refractivity contribution in [3.8, 4) is 11.1 Å². The number of likely N-dealkylation sites (tertiary alicyclic amines) is 1. The number of nitrogens with zero attached hydrogens (tertiary/aromatic N) is 2. The van der Waals surface area contributed by atoms with E-state index in [4.69, 9.17) is 4.74 Å². The topological polar surface area (TPSA) is 99.2 Å². The number of carboxylic acid groups (broad SMARTS) is 1. The number of piperidine rings is 1. The highest BCUT2D eigenvalue weighted by Gasteiger charge is 2.40. The van der Waals surface area contributed by atoms with Gasteiger partial charge in [0.15, 0.2) is 0 Å². The van der Waals surface area contributed by atoms with E-state index in [9.17, 15) is 19.5 Å². The van der Waals surface area contributed by atoms with Crippen LogP contribution in [0.4, 0.5) is 4.79 Å². The lowest BCUT2D eigenvalue weighted by atomic mass is 9.90. The van der Waals surface area contributed by atoms with Gasteiger partial charge in [-0.05, 0) is 55.1 Å². The minimum atomic E-state index is -1.02. The first-order valence-corrected chi connectivity index (χ1v) is 12.1. The molecular formula is C27H33N3O5. The molecule has 35 heavy (non-hydrogen) atoms. The molecule has 4 rings (SSSR count). The van der Waals surface area contributed by atoms with Crippen LogP contribution in [-0.4, -0.2) is 78.8 Å². The highest BCUT2D eigenvalue weighted by Crippen LogP contribution is 2.44. The largest absolute Gasteiger partial charge is 0.480 e. The Morgan fingerprint density at radius 1 is 1.09 bits per heavy atom. The molecule has 0 spiro atoms. The summed E-state index contributed by atoms with van der Waals surface area (Å²) >= 11 is 0. The zero-order valence-electron chi connectivity index (χ0n) is 20.4. The summed E-state index contributed by atoms with van der Waals surface area (Å²) in [6.45, 7) is 2.58. The van der Waals surface area contributed by atoms with Crippen molar-refractivity contribution in [2.45, 2.75) is 37.8 Å². The maximum Gasteiger partial charge on any atom is 0.407 e. The zero-order chi connectivity index (χ0) is 25.1. The number of aliphatic carboxylic acids is 1. The summed E-state index contributed by atoms with van der Waals surface area (Å²) in [7, 11) is 3.60. The number of alkyl carbamates (subject to hydrolysis) is 1. The van der Waals surface area contributed by atoms with E-state index in [-0.39, 0.29) is 25.0 Å². The van der Waals surface area contributed by atoms with Crippen molar-refractivity contribution in [1.29, 1.82) is 0 Å². The summed E-state index contributed by atoms with van der Waals surface area (Å²) in [5.74, 6) is -1.66. The minimum Gasteiger partial charge on any atom is -0.480 e. The van der Waals surface area contributed by atoms with Crippen LogP contribution in [0.15, 0.2) is 48.5 Å². The van der Waals surface area contributed by atoms with Crippen molar-refractivity contribution < 1.29 is 24.2 Å². The van der Waals surface area contributed by atoms with Crippen LogP contribution in [0.2, 0.25) is 0 Å². The summed E-state index contributed by atoms with van der Waals surface area (Å²) in [4.78, 5) is 41.3. The van der Waals surface area contributed by atoms with Gasteiger partial charge in [0.05, 0.1) is 0 Å². The second-order valence-electron chi connectivity index (χ2n) is 9.72. The summed E-state index contributed by atoms with van der Waals surface area (Å²) < 4.78 is 5.63. The highest BCUT2D eigenvalue weighted by molar-refractivity contribution is 5.90. The first-order valence-electron chi connectivity index (χ1n) is 12.1. The molecule has 2 aromatic carbocycles. The summed E-state index contributed by atoms with van der Waals surface area (Å²) in [5.41, 5.74) is 4.48. The molecule has 2 N–H and O–H groups in total.